The smallest absolute Gasteiger partial charge is 0.252 e. The van der Waals surface area contributed by atoms with Crippen LogP contribution in [-0.2, 0) is 13.6 Å². The number of hydrogen-bond acceptors (Lipinski definition) is 6. The summed E-state index contributed by atoms with van der Waals surface area (Å²) >= 11 is 0. The molecule has 0 spiro atoms. The molecular formula is C21H22N6O2. The SMILES string of the molecule is Cc1nn(C)c2nc(-c3ccco3)cc(C(=O)NCc3ccc(N(C)C)nc3)c12. The van der Waals surface area contributed by atoms with Crippen LogP contribution in [0.5, 0.6) is 0 Å². The van der Waals surface area contributed by atoms with E-state index in [0.29, 0.717) is 29.2 Å². The van der Waals surface area contributed by atoms with Crippen molar-refractivity contribution < 1.29 is 9.21 Å². The molecule has 0 radical (unpaired) electrons. The highest BCUT2D eigenvalue weighted by atomic mass is 16.3. The summed E-state index contributed by atoms with van der Waals surface area (Å²) in [5, 5.41) is 8.14. The molecule has 1 amide bonds. The molecule has 148 valence electrons. The lowest BCUT2D eigenvalue weighted by molar-refractivity contribution is 0.0952. The summed E-state index contributed by atoms with van der Waals surface area (Å²) in [6.07, 6.45) is 3.35. The predicted molar refractivity (Wildman–Crippen MR) is 111 cm³/mol. The Morgan fingerprint density at radius 3 is 2.76 bits per heavy atom. The fourth-order valence-electron chi connectivity index (χ4n) is 3.24. The van der Waals surface area contributed by atoms with Crippen molar-refractivity contribution in [1.29, 1.82) is 0 Å². The number of carbonyl (C=O) groups excluding carboxylic acids is 1. The topological polar surface area (TPSA) is 89.1 Å². The first-order valence-corrected chi connectivity index (χ1v) is 9.22. The number of furan rings is 1. The molecule has 0 fully saturated rings. The van der Waals surface area contributed by atoms with Gasteiger partial charge in [0.25, 0.3) is 5.91 Å². The van der Waals surface area contributed by atoms with Crippen LogP contribution in [0.2, 0.25) is 0 Å². The molecule has 0 aliphatic heterocycles. The van der Waals surface area contributed by atoms with Crippen LogP contribution in [0.15, 0.2) is 47.2 Å². The van der Waals surface area contributed by atoms with E-state index in [1.807, 2.05) is 51.2 Å². The summed E-state index contributed by atoms with van der Waals surface area (Å²) in [5.74, 6) is 1.27. The molecule has 0 atom stereocenters. The van der Waals surface area contributed by atoms with Crippen molar-refractivity contribution in [3.05, 3.63) is 59.6 Å². The van der Waals surface area contributed by atoms with Gasteiger partial charge in [-0.1, -0.05) is 6.07 Å². The summed E-state index contributed by atoms with van der Waals surface area (Å²) in [6, 6.07) is 9.23. The molecule has 29 heavy (non-hydrogen) atoms. The zero-order chi connectivity index (χ0) is 20.5. The van der Waals surface area contributed by atoms with Crippen molar-refractivity contribution in [2.24, 2.45) is 7.05 Å². The molecule has 8 heteroatoms. The number of aromatic nitrogens is 4. The minimum Gasteiger partial charge on any atom is -0.463 e. The zero-order valence-electron chi connectivity index (χ0n) is 16.8. The van der Waals surface area contributed by atoms with Crippen molar-refractivity contribution >= 4 is 22.8 Å². The molecule has 1 N–H and O–H groups in total. The Labute approximate surface area is 168 Å². The lowest BCUT2D eigenvalue weighted by Crippen LogP contribution is -2.23. The highest BCUT2D eigenvalue weighted by Gasteiger charge is 2.20. The molecule has 0 aromatic carbocycles. The standard InChI is InChI=1S/C21H22N6O2/c1-13-19-15(21(28)23-12-14-7-8-18(22-11-14)26(2)3)10-16(17-6-5-9-29-17)24-20(19)27(4)25-13/h5-11H,12H2,1-4H3,(H,23,28). The summed E-state index contributed by atoms with van der Waals surface area (Å²) in [7, 11) is 5.69. The first-order chi connectivity index (χ1) is 13.9. The molecule has 0 aliphatic rings. The van der Waals surface area contributed by atoms with Crippen molar-refractivity contribution in [3.63, 3.8) is 0 Å². The number of amides is 1. The molecule has 4 aromatic heterocycles. The van der Waals surface area contributed by atoms with Crippen LogP contribution in [0, 0.1) is 6.92 Å². The Morgan fingerprint density at radius 2 is 2.10 bits per heavy atom. The summed E-state index contributed by atoms with van der Waals surface area (Å²) in [6.45, 7) is 2.25. The maximum atomic E-state index is 13.1. The first kappa shape index (κ1) is 18.7. The quantitative estimate of drug-likeness (QED) is 0.564. The van der Waals surface area contributed by atoms with Gasteiger partial charge in [-0.2, -0.15) is 5.10 Å². The summed E-state index contributed by atoms with van der Waals surface area (Å²) in [4.78, 5) is 24.0. The predicted octanol–water partition coefficient (Wildman–Crippen LogP) is 2.93. The van der Waals surface area contributed by atoms with E-state index in [4.69, 9.17) is 4.42 Å². The van der Waals surface area contributed by atoms with Gasteiger partial charge in [0, 0.05) is 33.9 Å². The number of rotatable bonds is 5. The first-order valence-electron chi connectivity index (χ1n) is 9.22. The van der Waals surface area contributed by atoms with Crippen molar-refractivity contribution in [2.75, 3.05) is 19.0 Å². The van der Waals surface area contributed by atoms with Crippen LogP contribution in [0.25, 0.3) is 22.5 Å². The Balaban J connectivity index is 1.66. The number of pyridine rings is 2. The number of anilines is 1. The second kappa shape index (κ2) is 7.38. The van der Waals surface area contributed by atoms with Gasteiger partial charge in [0.15, 0.2) is 11.4 Å². The van der Waals surface area contributed by atoms with Crippen LogP contribution in [-0.4, -0.2) is 39.8 Å². The van der Waals surface area contributed by atoms with E-state index >= 15 is 0 Å². The molecule has 0 saturated heterocycles. The Kier molecular flexibility index (Phi) is 4.75. The monoisotopic (exact) mass is 390 g/mol. The molecule has 8 nitrogen and oxygen atoms in total. The zero-order valence-corrected chi connectivity index (χ0v) is 16.8. The Bertz CT molecular complexity index is 1160. The van der Waals surface area contributed by atoms with Crippen molar-refractivity contribution in [2.45, 2.75) is 13.5 Å². The number of carbonyl (C=O) groups is 1. The lowest BCUT2D eigenvalue weighted by Gasteiger charge is -2.12. The number of nitrogens with zero attached hydrogens (tertiary/aromatic N) is 5. The van der Waals surface area contributed by atoms with Crippen LogP contribution in [0.4, 0.5) is 5.82 Å². The number of nitrogens with one attached hydrogen (secondary N) is 1. The average Bonchev–Trinajstić information content (AvgIpc) is 3.34. The van der Waals surface area contributed by atoms with E-state index < -0.39 is 0 Å². The fraction of sp³-hybridized carbons (Fsp3) is 0.238. The van der Waals surface area contributed by atoms with Crippen LogP contribution in [0.1, 0.15) is 21.6 Å². The maximum Gasteiger partial charge on any atom is 0.252 e. The molecule has 4 heterocycles. The maximum absolute atomic E-state index is 13.1. The second-order valence-corrected chi connectivity index (χ2v) is 7.04. The molecular weight excluding hydrogens is 368 g/mol. The Hall–Kier alpha value is -3.68. The molecule has 4 aromatic rings. The molecule has 0 aliphatic carbocycles. The van der Waals surface area contributed by atoms with E-state index in [-0.39, 0.29) is 5.91 Å². The van der Waals surface area contributed by atoms with E-state index in [0.717, 1.165) is 22.5 Å². The average molecular weight is 390 g/mol. The van der Waals surface area contributed by atoms with E-state index in [9.17, 15) is 4.79 Å². The normalized spacial score (nSPS) is 11.0. The highest BCUT2D eigenvalue weighted by Crippen LogP contribution is 2.27. The van der Waals surface area contributed by atoms with Gasteiger partial charge in [0.1, 0.15) is 11.5 Å². The van der Waals surface area contributed by atoms with Crippen molar-refractivity contribution in [3.8, 4) is 11.5 Å². The minimum atomic E-state index is -0.196. The molecule has 4 rings (SSSR count). The fourth-order valence-corrected chi connectivity index (χ4v) is 3.24. The largest absolute Gasteiger partial charge is 0.463 e. The highest BCUT2D eigenvalue weighted by molar-refractivity contribution is 6.07. The summed E-state index contributed by atoms with van der Waals surface area (Å²) in [5.41, 5.74) is 3.42. The summed E-state index contributed by atoms with van der Waals surface area (Å²) < 4.78 is 7.15. The minimum absolute atomic E-state index is 0.196. The van der Waals surface area contributed by atoms with Gasteiger partial charge in [0.2, 0.25) is 0 Å². The van der Waals surface area contributed by atoms with Gasteiger partial charge >= 0.3 is 0 Å². The van der Waals surface area contributed by atoms with Gasteiger partial charge in [0.05, 0.1) is 22.9 Å². The van der Waals surface area contributed by atoms with Crippen LogP contribution in [0.3, 0.4) is 0 Å². The van der Waals surface area contributed by atoms with E-state index in [1.54, 1.807) is 29.3 Å². The lowest BCUT2D eigenvalue weighted by atomic mass is 10.1. The van der Waals surface area contributed by atoms with Crippen molar-refractivity contribution in [1.82, 2.24) is 25.1 Å². The van der Waals surface area contributed by atoms with Crippen LogP contribution >= 0.6 is 0 Å². The molecule has 0 saturated carbocycles. The second-order valence-electron chi connectivity index (χ2n) is 7.04. The van der Waals surface area contributed by atoms with E-state index in [2.05, 4.69) is 20.4 Å². The van der Waals surface area contributed by atoms with Gasteiger partial charge in [-0.05, 0) is 36.8 Å². The molecule has 0 unspecified atom stereocenters. The van der Waals surface area contributed by atoms with Gasteiger partial charge in [-0.15, -0.1) is 0 Å². The van der Waals surface area contributed by atoms with Gasteiger partial charge in [-0.25, -0.2) is 9.97 Å². The third-order valence-corrected chi connectivity index (χ3v) is 4.71. The van der Waals surface area contributed by atoms with E-state index in [1.165, 1.54) is 0 Å². The third-order valence-electron chi connectivity index (χ3n) is 4.71. The van der Waals surface area contributed by atoms with Crippen LogP contribution < -0.4 is 10.2 Å². The van der Waals surface area contributed by atoms with Gasteiger partial charge < -0.3 is 14.6 Å². The number of hydrogen-bond donors (Lipinski definition) is 1. The molecule has 0 bridgehead atoms. The number of fused-ring (bicyclic) bond motifs is 1. The Morgan fingerprint density at radius 1 is 1.28 bits per heavy atom. The third kappa shape index (κ3) is 3.56. The number of aryl methyl sites for hydroxylation is 2. The van der Waals surface area contributed by atoms with Gasteiger partial charge in [-0.3, -0.25) is 9.48 Å².